The Morgan fingerprint density at radius 1 is 1.18 bits per heavy atom. The monoisotopic (exact) mass is 317 g/mol. The van der Waals surface area contributed by atoms with Gasteiger partial charge in [0.05, 0.1) is 10.6 Å². The largest absolute Gasteiger partial charge is 0.326 e. The van der Waals surface area contributed by atoms with E-state index < -0.39 is 10.0 Å². The Morgan fingerprint density at radius 2 is 2.00 bits per heavy atom. The number of amides is 1. The van der Waals surface area contributed by atoms with Gasteiger partial charge in [-0.15, -0.1) is 0 Å². The van der Waals surface area contributed by atoms with Crippen molar-refractivity contribution in [3.63, 3.8) is 0 Å². The van der Waals surface area contributed by atoms with E-state index in [-0.39, 0.29) is 10.8 Å². The minimum absolute atomic E-state index is 0.0477. The molecule has 0 radical (unpaired) electrons. The van der Waals surface area contributed by atoms with E-state index >= 15 is 0 Å². The quantitative estimate of drug-likeness (QED) is 0.907. The van der Waals surface area contributed by atoms with E-state index in [0.717, 1.165) is 11.3 Å². The van der Waals surface area contributed by atoms with E-state index in [2.05, 4.69) is 15.0 Å². The second-order valence-corrected chi connectivity index (χ2v) is 6.84. The molecule has 2 aromatic rings. The lowest BCUT2D eigenvalue weighted by atomic mass is 10.0. The molecule has 0 saturated carbocycles. The molecular formula is C15H15N3O3S. The third-order valence-corrected chi connectivity index (χ3v) is 4.81. The van der Waals surface area contributed by atoms with Crippen molar-refractivity contribution in [2.24, 2.45) is 0 Å². The van der Waals surface area contributed by atoms with Gasteiger partial charge in [0.2, 0.25) is 5.91 Å². The molecular weight excluding hydrogens is 302 g/mol. The Morgan fingerprint density at radius 3 is 2.77 bits per heavy atom. The molecule has 1 aromatic carbocycles. The van der Waals surface area contributed by atoms with Gasteiger partial charge in [-0.05, 0) is 49.2 Å². The minimum Gasteiger partial charge on any atom is -0.326 e. The third kappa shape index (κ3) is 2.94. The summed E-state index contributed by atoms with van der Waals surface area (Å²) in [5, 5.41) is 2.73. The summed E-state index contributed by atoms with van der Waals surface area (Å²) in [5.41, 5.74) is 2.70. The SMILES string of the molecule is Cc1cc(NS(=O)(=O)c2ccc3c(c2)CCC(=O)N3)ccn1. The van der Waals surface area contributed by atoms with Crippen LogP contribution in [0.3, 0.4) is 0 Å². The van der Waals surface area contributed by atoms with Gasteiger partial charge in [-0.1, -0.05) is 0 Å². The molecule has 2 N–H and O–H groups in total. The molecule has 0 aliphatic carbocycles. The van der Waals surface area contributed by atoms with Crippen LogP contribution in [0.15, 0.2) is 41.4 Å². The summed E-state index contributed by atoms with van der Waals surface area (Å²) in [7, 11) is -3.67. The highest BCUT2D eigenvalue weighted by atomic mass is 32.2. The predicted octanol–water partition coefficient (Wildman–Crippen LogP) is 2.08. The second-order valence-electron chi connectivity index (χ2n) is 5.16. The van der Waals surface area contributed by atoms with Crippen LogP contribution in [0.4, 0.5) is 11.4 Å². The number of hydrogen-bond acceptors (Lipinski definition) is 4. The number of sulfonamides is 1. The van der Waals surface area contributed by atoms with Crippen molar-refractivity contribution in [1.82, 2.24) is 4.98 Å². The smallest absolute Gasteiger partial charge is 0.261 e. The standard InChI is InChI=1S/C15H15N3O3S/c1-10-8-12(6-7-16-10)18-22(20,21)13-3-4-14-11(9-13)2-5-15(19)17-14/h3-4,6-9H,2,5H2,1H3,(H,16,18)(H,17,19). The van der Waals surface area contributed by atoms with Crippen LogP contribution in [0.1, 0.15) is 17.7 Å². The number of aromatic nitrogens is 1. The molecule has 1 aliphatic rings. The zero-order valence-corrected chi connectivity index (χ0v) is 12.8. The Hall–Kier alpha value is -2.41. The molecule has 114 valence electrons. The molecule has 0 saturated heterocycles. The number of pyridine rings is 1. The first kappa shape index (κ1) is 14.5. The second kappa shape index (κ2) is 5.42. The Balaban J connectivity index is 1.91. The molecule has 0 bridgehead atoms. The maximum absolute atomic E-state index is 12.4. The lowest BCUT2D eigenvalue weighted by molar-refractivity contribution is -0.116. The molecule has 22 heavy (non-hydrogen) atoms. The number of nitrogens with zero attached hydrogens (tertiary/aromatic N) is 1. The van der Waals surface area contributed by atoms with Crippen LogP contribution in [-0.4, -0.2) is 19.3 Å². The molecule has 0 atom stereocenters. The first-order valence-electron chi connectivity index (χ1n) is 6.82. The number of hydrogen-bond donors (Lipinski definition) is 2. The van der Waals surface area contributed by atoms with E-state index in [0.29, 0.717) is 24.2 Å². The normalized spacial score (nSPS) is 14.1. The van der Waals surface area contributed by atoms with E-state index in [1.165, 1.54) is 6.07 Å². The van der Waals surface area contributed by atoms with Gasteiger partial charge in [-0.2, -0.15) is 0 Å². The zero-order chi connectivity index (χ0) is 15.7. The Kier molecular flexibility index (Phi) is 3.58. The molecule has 1 amide bonds. The van der Waals surface area contributed by atoms with E-state index in [1.54, 1.807) is 37.4 Å². The van der Waals surface area contributed by atoms with Crippen LogP contribution >= 0.6 is 0 Å². The zero-order valence-electron chi connectivity index (χ0n) is 12.0. The summed E-state index contributed by atoms with van der Waals surface area (Å²) >= 11 is 0. The first-order chi connectivity index (χ1) is 10.4. The van der Waals surface area contributed by atoms with Crippen molar-refractivity contribution in [1.29, 1.82) is 0 Å². The average Bonchev–Trinajstić information content (AvgIpc) is 2.46. The number of benzene rings is 1. The van der Waals surface area contributed by atoms with E-state index in [4.69, 9.17) is 0 Å². The number of carbonyl (C=O) groups excluding carboxylic acids is 1. The van der Waals surface area contributed by atoms with Gasteiger partial charge in [0.1, 0.15) is 0 Å². The van der Waals surface area contributed by atoms with Crippen LogP contribution in [0.2, 0.25) is 0 Å². The van der Waals surface area contributed by atoms with Crippen LogP contribution in [0.25, 0.3) is 0 Å². The number of carbonyl (C=O) groups is 1. The lowest BCUT2D eigenvalue weighted by Crippen LogP contribution is -2.20. The lowest BCUT2D eigenvalue weighted by Gasteiger charge is -2.17. The van der Waals surface area contributed by atoms with Crippen molar-refractivity contribution >= 4 is 27.3 Å². The topological polar surface area (TPSA) is 88.2 Å². The highest BCUT2D eigenvalue weighted by Gasteiger charge is 2.20. The van der Waals surface area contributed by atoms with Crippen molar-refractivity contribution < 1.29 is 13.2 Å². The number of fused-ring (bicyclic) bond motifs is 1. The summed E-state index contributed by atoms with van der Waals surface area (Å²) in [6, 6.07) is 7.98. The van der Waals surface area contributed by atoms with Crippen molar-refractivity contribution in [3.8, 4) is 0 Å². The number of anilines is 2. The van der Waals surface area contributed by atoms with Crippen molar-refractivity contribution in [2.45, 2.75) is 24.7 Å². The minimum atomic E-state index is -3.67. The summed E-state index contributed by atoms with van der Waals surface area (Å²) in [6.45, 7) is 1.79. The van der Waals surface area contributed by atoms with Gasteiger partial charge in [-0.25, -0.2) is 8.42 Å². The highest BCUT2D eigenvalue weighted by molar-refractivity contribution is 7.92. The number of aryl methyl sites for hydroxylation is 2. The van der Waals surface area contributed by atoms with Crippen LogP contribution in [-0.2, 0) is 21.2 Å². The van der Waals surface area contributed by atoms with Crippen LogP contribution < -0.4 is 10.0 Å². The van der Waals surface area contributed by atoms with Gasteiger partial charge >= 0.3 is 0 Å². The van der Waals surface area contributed by atoms with Gasteiger partial charge in [-0.3, -0.25) is 14.5 Å². The maximum Gasteiger partial charge on any atom is 0.261 e. The summed E-state index contributed by atoms with van der Waals surface area (Å²) in [6.07, 6.45) is 2.46. The van der Waals surface area contributed by atoms with Gasteiger partial charge < -0.3 is 5.32 Å². The number of rotatable bonds is 3. The molecule has 1 aromatic heterocycles. The molecule has 2 heterocycles. The molecule has 0 fully saturated rings. The average molecular weight is 317 g/mol. The van der Waals surface area contributed by atoms with Crippen molar-refractivity contribution in [3.05, 3.63) is 47.8 Å². The summed E-state index contributed by atoms with van der Waals surface area (Å²) < 4.78 is 27.4. The molecule has 3 rings (SSSR count). The third-order valence-electron chi connectivity index (χ3n) is 3.43. The van der Waals surface area contributed by atoms with Gasteiger partial charge in [0.15, 0.2) is 0 Å². The predicted molar refractivity (Wildman–Crippen MR) is 83.2 cm³/mol. The van der Waals surface area contributed by atoms with Gasteiger partial charge in [0.25, 0.3) is 10.0 Å². The van der Waals surface area contributed by atoms with E-state index in [1.807, 2.05) is 0 Å². The molecule has 0 spiro atoms. The molecule has 7 heteroatoms. The fourth-order valence-corrected chi connectivity index (χ4v) is 3.45. The van der Waals surface area contributed by atoms with Gasteiger partial charge in [0, 0.05) is 24.0 Å². The van der Waals surface area contributed by atoms with Crippen LogP contribution in [0, 0.1) is 6.92 Å². The summed E-state index contributed by atoms with van der Waals surface area (Å²) in [5.74, 6) is -0.0477. The maximum atomic E-state index is 12.4. The molecule has 6 nitrogen and oxygen atoms in total. The number of nitrogens with one attached hydrogen (secondary N) is 2. The Bertz CT molecular complexity index is 847. The highest BCUT2D eigenvalue weighted by Crippen LogP contribution is 2.26. The molecule has 1 aliphatic heterocycles. The molecule has 0 unspecified atom stereocenters. The fourth-order valence-electron chi connectivity index (χ4n) is 2.35. The Labute approximate surface area is 128 Å². The summed E-state index contributed by atoms with van der Waals surface area (Å²) in [4.78, 5) is 15.5. The van der Waals surface area contributed by atoms with Crippen LogP contribution in [0.5, 0.6) is 0 Å². The first-order valence-corrected chi connectivity index (χ1v) is 8.31. The van der Waals surface area contributed by atoms with E-state index in [9.17, 15) is 13.2 Å². The fraction of sp³-hybridized carbons (Fsp3) is 0.200. The van der Waals surface area contributed by atoms with Crippen molar-refractivity contribution in [2.75, 3.05) is 10.0 Å².